The standard InChI is InChI=1S/C10H5Cl2F2N3OS/c11-4-1-2-5(12)6(3-4)15-10(18)8-7(9(13)14)16-17-19-8/h1-3,9H,(H,15,18). The fourth-order valence-electron chi connectivity index (χ4n) is 1.27. The van der Waals surface area contributed by atoms with E-state index >= 15 is 0 Å². The van der Waals surface area contributed by atoms with Crippen molar-refractivity contribution in [3.63, 3.8) is 0 Å². The van der Waals surface area contributed by atoms with Crippen LogP contribution in [0.5, 0.6) is 0 Å². The number of anilines is 1. The minimum absolute atomic E-state index is 0.229. The fourth-order valence-corrected chi connectivity index (χ4v) is 2.18. The number of rotatable bonds is 3. The summed E-state index contributed by atoms with van der Waals surface area (Å²) in [5.41, 5.74) is -0.423. The van der Waals surface area contributed by atoms with Gasteiger partial charge in [-0.2, -0.15) is 0 Å². The lowest BCUT2D eigenvalue weighted by molar-refractivity contribution is 0.101. The number of amides is 1. The molecule has 1 aromatic carbocycles. The summed E-state index contributed by atoms with van der Waals surface area (Å²) >= 11 is 12.2. The van der Waals surface area contributed by atoms with E-state index in [1.165, 1.54) is 12.1 Å². The number of nitrogens with one attached hydrogen (secondary N) is 1. The molecule has 0 saturated heterocycles. The Kier molecular flexibility index (Phi) is 4.28. The summed E-state index contributed by atoms with van der Waals surface area (Å²) in [4.78, 5) is 11.6. The Hall–Kier alpha value is -1.31. The number of aromatic nitrogens is 2. The topological polar surface area (TPSA) is 54.9 Å². The van der Waals surface area contributed by atoms with Crippen LogP contribution in [0.1, 0.15) is 21.8 Å². The van der Waals surface area contributed by atoms with Crippen LogP contribution >= 0.6 is 34.7 Å². The third kappa shape index (κ3) is 3.17. The Morgan fingerprint density at radius 2 is 2.11 bits per heavy atom. The van der Waals surface area contributed by atoms with E-state index in [-0.39, 0.29) is 15.6 Å². The van der Waals surface area contributed by atoms with E-state index in [0.29, 0.717) is 16.6 Å². The first-order valence-electron chi connectivity index (χ1n) is 4.86. The molecule has 4 nitrogen and oxygen atoms in total. The molecule has 1 N–H and O–H groups in total. The quantitative estimate of drug-likeness (QED) is 0.927. The van der Waals surface area contributed by atoms with E-state index in [0.717, 1.165) is 0 Å². The average molecular weight is 324 g/mol. The van der Waals surface area contributed by atoms with Crippen LogP contribution in [0.25, 0.3) is 0 Å². The molecule has 0 aliphatic rings. The van der Waals surface area contributed by atoms with Crippen LogP contribution in [-0.2, 0) is 0 Å². The van der Waals surface area contributed by atoms with E-state index in [4.69, 9.17) is 23.2 Å². The highest BCUT2D eigenvalue weighted by molar-refractivity contribution is 7.08. The molecule has 1 heterocycles. The molecule has 0 aliphatic heterocycles. The van der Waals surface area contributed by atoms with Crippen LogP contribution in [0.2, 0.25) is 10.0 Å². The van der Waals surface area contributed by atoms with Crippen LogP contribution in [-0.4, -0.2) is 15.5 Å². The summed E-state index contributed by atoms with van der Waals surface area (Å²) in [6, 6.07) is 4.44. The normalized spacial score (nSPS) is 10.8. The van der Waals surface area contributed by atoms with Gasteiger partial charge in [0.1, 0.15) is 4.88 Å². The van der Waals surface area contributed by atoms with Gasteiger partial charge in [-0.05, 0) is 29.7 Å². The zero-order chi connectivity index (χ0) is 14.0. The SMILES string of the molecule is O=C(Nc1cc(Cl)ccc1Cl)c1snnc1C(F)F. The van der Waals surface area contributed by atoms with Crippen molar-refractivity contribution in [1.82, 2.24) is 9.59 Å². The van der Waals surface area contributed by atoms with Crippen molar-refractivity contribution in [1.29, 1.82) is 0 Å². The molecule has 0 atom stereocenters. The Labute approximate surface area is 120 Å². The van der Waals surface area contributed by atoms with Gasteiger partial charge in [0.05, 0.1) is 10.7 Å². The van der Waals surface area contributed by atoms with Gasteiger partial charge in [-0.15, -0.1) is 5.10 Å². The van der Waals surface area contributed by atoms with Crippen LogP contribution in [0.4, 0.5) is 14.5 Å². The molecule has 0 aliphatic carbocycles. The number of carbonyl (C=O) groups excluding carboxylic acids is 1. The van der Waals surface area contributed by atoms with Gasteiger partial charge < -0.3 is 5.32 Å². The maximum Gasteiger partial charge on any atom is 0.283 e. The highest BCUT2D eigenvalue weighted by Gasteiger charge is 2.23. The maximum atomic E-state index is 12.6. The summed E-state index contributed by atoms with van der Waals surface area (Å²) in [5.74, 6) is -0.755. The molecule has 2 rings (SSSR count). The van der Waals surface area contributed by atoms with Crippen LogP contribution in [0, 0.1) is 0 Å². The second-order valence-electron chi connectivity index (χ2n) is 3.37. The molecular formula is C10H5Cl2F2N3OS. The van der Waals surface area contributed by atoms with Crippen molar-refractivity contribution >= 4 is 46.3 Å². The number of hydrogen-bond acceptors (Lipinski definition) is 4. The lowest BCUT2D eigenvalue weighted by Gasteiger charge is -2.06. The first-order valence-corrected chi connectivity index (χ1v) is 6.38. The molecule has 1 aromatic heterocycles. The first kappa shape index (κ1) is 14.1. The summed E-state index contributed by atoms with van der Waals surface area (Å²) in [6.07, 6.45) is -2.87. The van der Waals surface area contributed by atoms with E-state index in [1.807, 2.05) is 0 Å². The van der Waals surface area contributed by atoms with Crippen LogP contribution in [0.3, 0.4) is 0 Å². The first-order chi connectivity index (χ1) is 8.99. The van der Waals surface area contributed by atoms with Crippen molar-refractivity contribution in [2.45, 2.75) is 6.43 Å². The molecule has 1 amide bonds. The summed E-state index contributed by atoms with van der Waals surface area (Å²) in [6.45, 7) is 0. The van der Waals surface area contributed by atoms with Gasteiger partial charge in [0, 0.05) is 5.02 Å². The second kappa shape index (κ2) is 5.77. The van der Waals surface area contributed by atoms with Crippen molar-refractivity contribution < 1.29 is 13.6 Å². The highest BCUT2D eigenvalue weighted by Crippen LogP contribution is 2.28. The summed E-state index contributed by atoms with van der Waals surface area (Å²) in [5, 5.41) is 6.21. The van der Waals surface area contributed by atoms with Crippen LogP contribution < -0.4 is 5.32 Å². The molecule has 9 heteroatoms. The molecule has 0 unspecified atom stereocenters. The van der Waals surface area contributed by atoms with Gasteiger partial charge >= 0.3 is 0 Å². The van der Waals surface area contributed by atoms with E-state index in [2.05, 4.69) is 14.9 Å². The molecule has 100 valence electrons. The monoisotopic (exact) mass is 323 g/mol. The molecule has 0 fully saturated rings. The molecule has 19 heavy (non-hydrogen) atoms. The Morgan fingerprint density at radius 1 is 1.37 bits per heavy atom. The third-order valence-corrected chi connectivity index (χ3v) is 3.41. The fraction of sp³-hybridized carbons (Fsp3) is 0.100. The van der Waals surface area contributed by atoms with Gasteiger partial charge in [-0.3, -0.25) is 4.79 Å². The second-order valence-corrected chi connectivity index (χ2v) is 4.96. The third-order valence-electron chi connectivity index (χ3n) is 2.10. The molecule has 0 bridgehead atoms. The number of carbonyl (C=O) groups is 1. The van der Waals surface area contributed by atoms with Gasteiger partial charge in [0.2, 0.25) is 0 Å². The van der Waals surface area contributed by atoms with E-state index < -0.39 is 18.0 Å². The minimum atomic E-state index is -2.87. The van der Waals surface area contributed by atoms with Crippen molar-refractivity contribution in [2.75, 3.05) is 5.32 Å². The largest absolute Gasteiger partial charge is 0.320 e. The summed E-state index contributed by atoms with van der Waals surface area (Å²) in [7, 11) is 0. The number of benzene rings is 1. The summed E-state index contributed by atoms with van der Waals surface area (Å²) < 4.78 is 28.5. The smallest absolute Gasteiger partial charge is 0.283 e. The van der Waals surface area contributed by atoms with Crippen LogP contribution in [0.15, 0.2) is 18.2 Å². The predicted molar refractivity (Wildman–Crippen MR) is 69.3 cm³/mol. The predicted octanol–water partition coefficient (Wildman–Crippen LogP) is 4.03. The number of alkyl halides is 2. The van der Waals surface area contributed by atoms with E-state index in [9.17, 15) is 13.6 Å². The minimum Gasteiger partial charge on any atom is -0.320 e. The number of hydrogen-bond donors (Lipinski definition) is 1. The Balaban J connectivity index is 2.26. The zero-order valence-corrected chi connectivity index (χ0v) is 11.4. The average Bonchev–Trinajstić information content (AvgIpc) is 2.83. The molecule has 0 radical (unpaired) electrons. The van der Waals surface area contributed by atoms with Gasteiger partial charge in [0.25, 0.3) is 12.3 Å². The molecule has 0 saturated carbocycles. The van der Waals surface area contributed by atoms with E-state index in [1.54, 1.807) is 6.07 Å². The highest BCUT2D eigenvalue weighted by atomic mass is 35.5. The molecular weight excluding hydrogens is 319 g/mol. The lowest BCUT2D eigenvalue weighted by atomic mass is 10.3. The van der Waals surface area contributed by atoms with Gasteiger partial charge in [-0.1, -0.05) is 27.7 Å². The number of halogens is 4. The van der Waals surface area contributed by atoms with Gasteiger partial charge in [0.15, 0.2) is 5.69 Å². The van der Waals surface area contributed by atoms with Gasteiger partial charge in [-0.25, -0.2) is 8.78 Å². The molecule has 0 spiro atoms. The lowest BCUT2D eigenvalue weighted by Crippen LogP contribution is -2.13. The Morgan fingerprint density at radius 3 is 2.79 bits per heavy atom. The van der Waals surface area contributed by atoms with Crippen molar-refractivity contribution in [3.05, 3.63) is 38.8 Å². The van der Waals surface area contributed by atoms with Crippen molar-refractivity contribution in [2.24, 2.45) is 0 Å². The zero-order valence-electron chi connectivity index (χ0n) is 9.03. The maximum absolute atomic E-state index is 12.6. The molecule has 2 aromatic rings. The number of nitrogens with zero attached hydrogens (tertiary/aromatic N) is 2. The Bertz CT molecular complexity index is 621. The van der Waals surface area contributed by atoms with Crippen molar-refractivity contribution in [3.8, 4) is 0 Å².